The summed E-state index contributed by atoms with van der Waals surface area (Å²) in [5, 5.41) is 25.4. The minimum atomic E-state index is -1.52. The molecule has 0 spiro atoms. The number of carbonyl (C=O) groups excluding carboxylic acids is 2. The van der Waals surface area contributed by atoms with E-state index in [1.165, 1.54) is 12.1 Å². The number of hydroxylamine groups is 1. The van der Waals surface area contributed by atoms with E-state index in [1.807, 2.05) is 5.48 Å². The molecule has 2 amide bonds. The molecule has 0 unspecified atom stereocenters. The van der Waals surface area contributed by atoms with E-state index in [2.05, 4.69) is 15.8 Å². The molecule has 13 heteroatoms. The lowest BCUT2D eigenvalue weighted by molar-refractivity contribution is -0.125. The number of halogens is 3. The number of benzene rings is 2. The van der Waals surface area contributed by atoms with Crippen LogP contribution in [-0.4, -0.2) is 61.2 Å². The molecule has 0 atom stereocenters. The number of nitrogens with zero attached hydrogens (tertiary/aromatic N) is 1. The zero-order chi connectivity index (χ0) is 25.1. The molecule has 2 aromatic carbocycles. The van der Waals surface area contributed by atoms with Gasteiger partial charge in [-0.3, -0.25) is 14.4 Å². The SMILES string of the molecule is Cc1ccc(Nc2c(C(=O)NOCCO)cc(/C=N\OCC(=O)NCCO)c(F)c2F)c(F)c1. The maximum absolute atomic E-state index is 14.9. The maximum Gasteiger partial charge on any atom is 0.277 e. The van der Waals surface area contributed by atoms with E-state index in [0.29, 0.717) is 5.56 Å². The van der Waals surface area contributed by atoms with Crippen LogP contribution >= 0.6 is 0 Å². The highest BCUT2D eigenvalue weighted by Gasteiger charge is 2.23. The minimum Gasteiger partial charge on any atom is -0.395 e. The lowest BCUT2D eigenvalue weighted by Gasteiger charge is -2.15. The van der Waals surface area contributed by atoms with Gasteiger partial charge in [0.2, 0.25) is 0 Å². The number of nitrogens with one attached hydrogen (secondary N) is 3. The number of hydrogen-bond donors (Lipinski definition) is 5. The number of rotatable bonds is 12. The average molecular weight is 484 g/mol. The number of amides is 2. The molecule has 184 valence electrons. The van der Waals surface area contributed by atoms with Gasteiger partial charge in [0.15, 0.2) is 18.2 Å². The monoisotopic (exact) mass is 484 g/mol. The van der Waals surface area contributed by atoms with Crippen LogP contribution in [0.5, 0.6) is 0 Å². The summed E-state index contributed by atoms with van der Waals surface area (Å²) in [5.74, 6) is -5.35. The topological polar surface area (TPSA) is 142 Å². The Bertz CT molecular complexity index is 1050. The van der Waals surface area contributed by atoms with E-state index in [4.69, 9.17) is 19.9 Å². The molecule has 0 fully saturated rings. The smallest absolute Gasteiger partial charge is 0.277 e. The average Bonchev–Trinajstić information content (AvgIpc) is 2.81. The quantitative estimate of drug-likeness (QED) is 0.174. The molecule has 0 bridgehead atoms. The van der Waals surface area contributed by atoms with Gasteiger partial charge >= 0.3 is 0 Å². The van der Waals surface area contributed by atoms with Crippen molar-refractivity contribution < 1.29 is 42.6 Å². The summed E-state index contributed by atoms with van der Waals surface area (Å²) in [5.41, 5.74) is 0.659. The maximum atomic E-state index is 14.9. The Kier molecular flexibility index (Phi) is 10.3. The number of carbonyl (C=O) groups is 2. The van der Waals surface area contributed by atoms with Crippen molar-refractivity contribution in [2.45, 2.75) is 6.92 Å². The first kappa shape index (κ1) is 26.6. The molecular weight excluding hydrogens is 461 g/mol. The highest BCUT2D eigenvalue weighted by atomic mass is 19.2. The lowest BCUT2D eigenvalue weighted by atomic mass is 10.1. The fraction of sp³-hybridized carbons (Fsp3) is 0.286. The molecule has 0 radical (unpaired) electrons. The van der Waals surface area contributed by atoms with Crippen molar-refractivity contribution in [2.24, 2.45) is 5.16 Å². The Labute approximate surface area is 192 Å². The van der Waals surface area contributed by atoms with E-state index < -0.39 is 59.3 Å². The molecule has 0 aromatic heterocycles. The van der Waals surface area contributed by atoms with Gasteiger partial charge in [-0.25, -0.2) is 18.7 Å². The summed E-state index contributed by atoms with van der Waals surface area (Å²) in [4.78, 5) is 33.3. The van der Waals surface area contributed by atoms with Crippen LogP contribution in [0, 0.1) is 24.4 Å². The lowest BCUT2D eigenvalue weighted by Crippen LogP contribution is -2.29. The molecule has 34 heavy (non-hydrogen) atoms. The van der Waals surface area contributed by atoms with Gasteiger partial charge in [-0.15, -0.1) is 0 Å². The first-order chi connectivity index (χ1) is 16.3. The van der Waals surface area contributed by atoms with Crippen molar-refractivity contribution in [3.8, 4) is 0 Å². The third-order valence-electron chi connectivity index (χ3n) is 4.12. The van der Waals surface area contributed by atoms with E-state index in [9.17, 15) is 22.8 Å². The van der Waals surface area contributed by atoms with Crippen LogP contribution in [0.25, 0.3) is 0 Å². The Morgan fingerprint density at radius 3 is 2.56 bits per heavy atom. The predicted octanol–water partition coefficient (Wildman–Crippen LogP) is 1.27. The van der Waals surface area contributed by atoms with Crippen molar-refractivity contribution in [3.63, 3.8) is 0 Å². The van der Waals surface area contributed by atoms with Crippen molar-refractivity contribution in [1.82, 2.24) is 10.8 Å². The number of anilines is 2. The molecule has 2 rings (SSSR count). The number of oxime groups is 1. The first-order valence-electron chi connectivity index (χ1n) is 9.89. The number of hydrogen-bond acceptors (Lipinski definition) is 8. The molecular formula is C21H23F3N4O6. The molecule has 0 heterocycles. The van der Waals surface area contributed by atoms with Crippen LogP contribution in [0.1, 0.15) is 21.5 Å². The summed E-state index contributed by atoms with van der Waals surface area (Å²) in [7, 11) is 0. The number of aliphatic hydroxyl groups is 2. The van der Waals surface area contributed by atoms with Crippen LogP contribution in [0.2, 0.25) is 0 Å². The van der Waals surface area contributed by atoms with Gasteiger partial charge in [0, 0.05) is 12.1 Å². The summed E-state index contributed by atoms with van der Waals surface area (Å²) < 4.78 is 43.9. The number of aryl methyl sites for hydroxylation is 1. The Hall–Kier alpha value is -3.68. The Morgan fingerprint density at radius 1 is 1.12 bits per heavy atom. The molecule has 0 aliphatic heterocycles. The zero-order valence-corrected chi connectivity index (χ0v) is 18.0. The molecule has 0 saturated heterocycles. The molecule has 2 aromatic rings. The summed E-state index contributed by atoms with van der Waals surface area (Å²) in [6, 6.07) is 4.88. The fourth-order valence-electron chi connectivity index (χ4n) is 2.55. The molecule has 10 nitrogen and oxygen atoms in total. The molecule has 0 aliphatic rings. The second-order valence-corrected chi connectivity index (χ2v) is 6.71. The van der Waals surface area contributed by atoms with Crippen molar-refractivity contribution >= 4 is 29.4 Å². The predicted molar refractivity (Wildman–Crippen MR) is 115 cm³/mol. The van der Waals surface area contributed by atoms with Gasteiger partial charge in [0.1, 0.15) is 5.82 Å². The first-order valence-corrected chi connectivity index (χ1v) is 9.89. The van der Waals surface area contributed by atoms with E-state index in [-0.39, 0.29) is 25.4 Å². The third kappa shape index (κ3) is 7.43. The van der Waals surface area contributed by atoms with Gasteiger partial charge in [-0.2, -0.15) is 0 Å². The Balaban J connectivity index is 2.35. The van der Waals surface area contributed by atoms with Crippen LogP contribution < -0.4 is 16.1 Å². The fourth-order valence-corrected chi connectivity index (χ4v) is 2.55. The van der Waals surface area contributed by atoms with Gasteiger partial charge in [-0.1, -0.05) is 11.2 Å². The highest BCUT2D eigenvalue weighted by molar-refractivity contribution is 6.01. The second kappa shape index (κ2) is 13.1. The van der Waals surface area contributed by atoms with Crippen molar-refractivity contribution in [2.75, 3.05) is 38.3 Å². The van der Waals surface area contributed by atoms with E-state index >= 15 is 0 Å². The van der Waals surface area contributed by atoms with Crippen LogP contribution in [-0.2, 0) is 14.5 Å². The van der Waals surface area contributed by atoms with Crippen LogP contribution in [0.15, 0.2) is 29.4 Å². The summed E-state index contributed by atoms with van der Waals surface area (Å²) >= 11 is 0. The summed E-state index contributed by atoms with van der Waals surface area (Å²) in [6.07, 6.45) is 0.735. The summed E-state index contributed by atoms with van der Waals surface area (Å²) in [6.45, 7) is 0.105. The van der Waals surface area contributed by atoms with Gasteiger partial charge in [0.25, 0.3) is 11.8 Å². The van der Waals surface area contributed by atoms with Crippen molar-refractivity contribution in [1.29, 1.82) is 0 Å². The van der Waals surface area contributed by atoms with E-state index in [1.54, 1.807) is 6.92 Å². The zero-order valence-electron chi connectivity index (χ0n) is 18.0. The van der Waals surface area contributed by atoms with Gasteiger partial charge in [0.05, 0.1) is 43.0 Å². The Morgan fingerprint density at radius 2 is 1.88 bits per heavy atom. The third-order valence-corrected chi connectivity index (χ3v) is 4.12. The minimum absolute atomic E-state index is 0.00138. The number of aliphatic hydroxyl groups excluding tert-OH is 2. The van der Waals surface area contributed by atoms with Crippen molar-refractivity contribution in [3.05, 3.63) is 58.4 Å². The standard InChI is InChI=1S/C21H23F3N4O6/c1-12-2-3-16(15(22)8-12)27-20-14(21(32)28-33-7-6-30)9-13(18(23)19(20)24)10-26-34-11-17(31)25-4-5-29/h2-3,8-10,27,29-30H,4-7,11H2,1H3,(H,25,31)(H,28,32)/b26-10-. The molecule has 0 aliphatic carbocycles. The second-order valence-electron chi connectivity index (χ2n) is 6.71. The molecule has 5 N–H and O–H groups in total. The van der Waals surface area contributed by atoms with Gasteiger partial charge < -0.3 is 25.7 Å². The van der Waals surface area contributed by atoms with E-state index in [0.717, 1.165) is 18.3 Å². The van der Waals surface area contributed by atoms with Crippen LogP contribution in [0.4, 0.5) is 24.5 Å². The highest BCUT2D eigenvalue weighted by Crippen LogP contribution is 2.30. The largest absolute Gasteiger partial charge is 0.395 e. The van der Waals surface area contributed by atoms with Gasteiger partial charge in [-0.05, 0) is 30.7 Å². The van der Waals surface area contributed by atoms with Crippen LogP contribution in [0.3, 0.4) is 0 Å². The normalized spacial score (nSPS) is 10.9. The molecule has 0 saturated carbocycles.